The molecule has 0 atom stereocenters. The summed E-state index contributed by atoms with van der Waals surface area (Å²) in [6.45, 7) is 12.6. The van der Waals surface area contributed by atoms with Crippen molar-refractivity contribution >= 4 is 44.5 Å². The molecule has 0 aliphatic heterocycles. The molecular weight excluding hydrogens is 386 g/mol. The zero-order valence-electron chi connectivity index (χ0n) is 17.2. The predicted octanol–water partition coefficient (Wildman–Crippen LogP) is 7.67. The van der Waals surface area contributed by atoms with E-state index in [1.165, 1.54) is 42.5 Å². The molecule has 0 radical (unpaired) electrons. The summed E-state index contributed by atoms with van der Waals surface area (Å²) in [7, 11) is 0. The van der Waals surface area contributed by atoms with E-state index in [0.29, 0.717) is 5.92 Å². The summed E-state index contributed by atoms with van der Waals surface area (Å²) in [6.07, 6.45) is 7.21. The van der Waals surface area contributed by atoms with E-state index in [-0.39, 0.29) is 0 Å². The van der Waals surface area contributed by atoms with Crippen LogP contribution in [0.2, 0.25) is 0 Å². The van der Waals surface area contributed by atoms with Gasteiger partial charge in [-0.3, -0.25) is 0 Å². The van der Waals surface area contributed by atoms with E-state index in [4.69, 9.17) is 4.98 Å². The van der Waals surface area contributed by atoms with Crippen molar-refractivity contribution in [1.29, 1.82) is 0 Å². The van der Waals surface area contributed by atoms with E-state index in [1.54, 1.807) is 0 Å². The lowest BCUT2D eigenvalue weighted by Gasteiger charge is -2.02. The van der Waals surface area contributed by atoms with Gasteiger partial charge in [-0.1, -0.05) is 39.0 Å². The van der Waals surface area contributed by atoms with Gasteiger partial charge in [-0.05, 0) is 66.2 Å². The number of thioether (sulfide) groups is 1. The van der Waals surface area contributed by atoms with Crippen molar-refractivity contribution in [3.05, 3.63) is 62.9 Å². The van der Waals surface area contributed by atoms with E-state index in [2.05, 4.69) is 64.1 Å². The number of aromatic nitrogens is 1. The lowest BCUT2D eigenvalue weighted by atomic mass is 10.0. The Kier molecular flexibility index (Phi) is 9.07. The van der Waals surface area contributed by atoms with E-state index in [0.717, 1.165) is 19.3 Å². The number of thiazole rings is 1. The van der Waals surface area contributed by atoms with Gasteiger partial charge in [-0.2, -0.15) is 11.8 Å². The number of thiophene rings is 1. The average Bonchev–Trinajstić information content (AvgIpc) is 3.24. The van der Waals surface area contributed by atoms with Crippen molar-refractivity contribution in [2.45, 2.75) is 52.9 Å². The topological polar surface area (TPSA) is 12.9 Å². The van der Waals surface area contributed by atoms with Crippen LogP contribution in [0.1, 0.15) is 53.4 Å². The van der Waals surface area contributed by atoms with Crippen LogP contribution in [0.3, 0.4) is 0 Å². The fourth-order valence-electron chi connectivity index (χ4n) is 2.78. The number of rotatable bonds is 7. The fraction of sp³-hybridized carbons (Fsp3) is 0.435. The molecule has 2 aromatic heterocycles. The van der Waals surface area contributed by atoms with Crippen LogP contribution >= 0.6 is 34.4 Å². The highest BCUT2D eigenvalue weighted by Crippen LogP contribution is 2.29. The molecular formula is C23H31NS3. The van der Waals surface area contributed by atoms with Gasteiger partial charge in [0.25, 0.3) is 0 Å². The van der Waals surface area contributed by atoms with E-state index >= 15 is 0 Å². The molecule has 0 saturated carbocycles. The number of nitrogens with zero attached hydrogens (tertiary/aromatic N) is 1. The molecule has 1 aromatic carbocycles. The van der Waals surface area contributed by atoms with Gasteiger partial charge in [0.1, 0.15) is 0 Å². The maximum absolute atomic E-state index is 4.71. The number of aryl methyl sites for hydroxylation is 3. The monoisotopic (exact) mass is 417 g/mol. The molecule has 3 rings (SSSR count). The molecule has 27 heavy (non-hydrogen) atoms. The van der Waals surface area contributed by atoms with Gasteiger partial charge in [0.05, 0.1) is 10.7 Å². The van der Waals surface area contributed by atoms with Crippen LogP contribution in [0.15, 0.2) is 36.2 Å². The predicted molar refractivity (Wildman–Crippen MR) is 128 cm³/mol. The summed E-state index contributed by atoms with van der Waals surface area (Å²) < 4.78 is 1.39. The second kappa shape index (κ2) is 11.0. The normalized spacial score (nSPS) is 10.9. The number of allylic oxidation sites excluding steroid dienone is 1. The van der Waals surface area contributed by atoms with Crippen LogP contribution in [0.4, 0.5) is 0 Å². The third-order valence-electron chi connectivity index (χ3n) is 4.42. The first kappa shape index (κ1) is 22.2. The first-order valence-corrected chi connectivity index (χ1v) is 12.6. The molecule has 2 heterocycles. The Morgan fingerprint density at radius 1 is 1.26 bits per heavy atom. The first-order chi connectivity index (χ1) is 13.0. The number of hydrogen-bond acceptors (Lipinski definition) is 4. The highest BCUT2D eigenvalue weighted by Gasteiger charge is 2.11. The van der Waals surface area contributed by atoms with Crippen LogP contribution in [0, 0.1) is 6.92 Å². The summed E-state index contributed by atoms with van der Waals surface area (Å²) in [5.41, 5.74) is 4.03. The third-order valence-corrected chi connectivity index (χ3v) is 7.51. The highest BCUT2D eigenvalue weighted by molar-refractivity contribution is 7.98. The van der Waals surface area contributed by atoms with Crippen molar-refractivity contribution in [2.24, 2.45) is 0 Å². The van der Waals surface area contributed by atoms with Gasteiger partial charge in [-0.15, -0.1) is 29.3 Å². The molecule has 0 bridgehead atoms. The zero-order valence-corrected chi connectivity index (χ0v) is 19.6. The maximum atomic E-state index is 4.71. The summed E-state index contributed by atoms with van der Waals surface area (Å²) >= 11 is 5.58. The molecule has 0 aliphatic rings. The van der Waals surface area contributed by atoms with Crippen molar-refractivity contribution in [1.82, 2.24) is 4.98 Å². The zero-order chi connectivity index (χ0) is 19.8. The Balaban J connectivity index is 0.000000596. The van der Waals surface area contributed by atoms with E-state index < -0.39 is 0 Å². The Labute approximate surface area is 176 Å². The molecule has 0 spiro atoms. The molecule has 0 N–H and O–H groups in total. The summed E-state index contributed by atoms with van der Waals surface area (Å²) in [5.74, 6) is 1.76. The molecule has 1 nitrogen and oxygen atoms in total. The third kappa shape index (κ3) is 6.20. The molecule has 0 amide bonds. The largest absolute Gasteiger partial charge is 0.246 e. The average molecular weight is 418 g/mol. The fourth-order valence-corrected chi connectivity index (χ4v) is 4.89. The van der Waals surface area contributed by atoms with Crippen molar-refractivity contribution in [3.63, 3.8) is 0 Å². The van der Waals surface area contributed by atoms with Crippen LogP contribution in [-0.4, -0.2) is 17.0 Å². The quantitative estimate of drug-likeness (QED) is 0.366. The Bertz CT molecular complexity index is 856. The molecule has 0 unspecified atom stereocenters. The van der Waals surface area contributed by atoms with Gasteiger partial charge in [0.2, 0.25) is 0 Å². The number of fused-ring (bicyclic) bond motifs is 1. The molecule has 0 fully saturated rings. The van der Waals surface area contributed by atoms with Gasteiger partial charge >= 0.3 is 0 Å². The highest BCUT2D eigenvalue weighted by atomic mass is 32.2. The van der Waals surface area contributed by atoms with E-state index in [1.807, 2.05) is 40.5 Å². The van der Waals surface area contributed by atoms with Gasteiger partial charge in [-0.25, -0.2) is 4.98 Å². The summed E-state index contributed by atoms with van der Waals surface area (Å²) in [6, 6.07) is 6.91. The second-order valence-electron chi connectivity index (χ2n) is 6.88. The maximum Gasteiger partial charge on any atom is 0.0956 e. The Morgan fingerprint density at radius 3 is 2.59 bits per heavy atom. The van der Waals surface area contributed by atoms with Crippen LogP contribution in [0.25, 0.3) is 10.1 Å². The van der Waals surface area contributed by atoms with Gasteiger partial charge in [0, 0.05) is 15.5 Å². The standard InChI is InChI=1S/C20H23NS2.C3H8S/c1-5-6-16-12-22-19-11-15(7-9-17(16)19)8-10-18-14(4)21-20(23-18)13(2)3;1-3-4-2/h5,7,9,11-13H,1,6,8,10H2,2-4H3;3H2,1-2H3. The lowest BCUT2D eigenvalue weighted by molar-refractivity contribution is 0.845. The van der Waals surface area contributed by atoms with E-state index in [9.17, 15) is 0 Å². The molecule has 0 saturated heterocycles. The molecule has 4 heteroatoms. The minimum absolute atomic E-state index is 0.526. The minimum atomic E-state index is 0.526. The summed E-state index contributed by atoms with van der Waals surface area (Å²) in [5, 5.41) is 4.91. The van der Waals surface area contributed by atoms with Crippen molar-refractivity contribution in [2.75, 3.05) is 12.0 Å². The second-order valence-corrected chi connectivity index (χ2v) is 10.1. The number of hydrogen-bond donors (Lipinski definition) is 0. The van der Waals surface area contributed by atoms with Gasteiger partial charge in [0.15, 0.2) is 0 Å². The Morgan fingerprint density at radius 2 is 2.00 bits per heavy atom. The SMILES string of the molecule is C=CCc1csc2cc(CCc3sc(C(C)C)nc3C)ccc12.CCSC. The van der Waals surface area contributed by atoms with Gasteiger partial charge < -0.3 is 0 Å². The Hall–Kier alpha value is -1.10. The lowest BCUT2D eigenvalue weighted by Crippen LogP contribution is -1.91. The summed E-state index contributed by atoms with van der Waals surface area (Å²) in [4.78, 5) is 6.14. The molecule has 0 aliphatic carbocycles. The minimum Gasteiger partial charge on any atom is -0.246 e. The number of benzene rings is 1. The first-order valence-electron chi connectivity index (χ1n) is 9.55. The van der Waals surface area contributed by atoms with Crippen molar-refractivity contribution in [3.8, 4) is 0 Å². The van der Waals surface area contributed by atoms with Crippen LogP contribution < -0.4 is 0 Å². The van der Waals surface area contributed by atoms with Crippen molar-refractivity contribution < 1.29 is 0 Å². The smallest absolute Gasteiger partial charge is 0.0956 e. The molecule has 146 valence electrons. The molecule has 3 aromatic rings. The van der Waals surface area contributed by atoms with Crippen LogP contribution in [0.5, 0.6) is 0 Å². The van der Waals surface area contributed by atoms with Crippen LogP contribution in [-0.2, 0) is 19.3 Å².